The van der Waals surface area contributed by atoms with Crippen LogP contribution < -0.4 is 10.4 Å². The summed E-state index contributed by atoms with van der Waals surface area (Å²) in [4.78, 5) is 0. The van der Waals surface area contributed by atoms with Crippen LogP contribution in [0.3, 0.4) is 0 Å². The van der Waals surface area contributed by atoms with Crippen LogP contribution in [-0.2, 0) is 0 Å². The van der Waals surface area contributed by atoms with Gasteiger partial charge in [0.2, 0.25) is 0 Å². The average Bonchev–Trinajstić information content (AvgIpc) is 2.30. The van der Waals surface area contributed by atoms with Gasteiger partial charge in [-0.3, -0.25) is 5.21 Å². The number of nitrogens with zero attached hydrogens (tertiary/aromatic N) is 1. The predicted molar refractivity (Wildman–Crippen MR) is 61.5 cm³/mol. The van der Waals surface area contributed by atoms with Crippen LogP contribution in [0.1, 0.15) is 0 Å². The smallest absolute Gasteiger partial charge is 0.141 e. The quantitative estimate of drug-likeness (QED) is 0.663. The molecular formula is C10H14N2O2S. The van der Waals surface area contributed by atoms with Gasteiger partial charge >= 0.3 is 0 Å². The Hall–Kier alpha value is -0.910. The van der Waals surface area contributed by atoms with E-state index in [1.54, 1.807) is 36.0 Å². The number of phenolic OH excluding ortho intramolecular Hbond substituents is 1. The van der Waals surface area contributed by atoms with Gasteiger partial charge in [-0.1, -0.05) is 12.1 Å². The van der Waals surface area contributed by atoms with Gasteiger partial charge in [0.1, 0.15) is 16.8 Å². The van der Waals surface area contributed by atoms with E-state index in [9.17, 15) is 10.3 Å². The largest absolute Gasteiger partial charge is 0.506 e. The predicted octanol–water partition coefficient (Wildman–Crippen LogP) is 1.25. The molecule has 3 N–H and O–H groups in total. The fourth-order valence-electron chi connectivity index (χ4n) is 1.52. The Morgan fingerprint density at radius 2 is 2.20 bits per heavy atom. The highest BCUT2D eigenvalue weighted by molar-refractivity contribution is 8.00. The molecule has 82 valence electrons. The van der Waals surface area contributed by atoms with Gasteiger partial charge in [0.15, 0.2) is 0 Å². The van der Waals surface area contributed by atoms with Gasteiger partial charge in [-0.2, -0.15) is 0 Å². The van der Waals surface area contributed by atoms with Gasteiger partial charge in [0.25, 0.3) is 0 Å². The van der Waals surface area contributed by atoms with E-state index >= 15 is 0 Å². The zero-order chi connectivity index (χ0) is 10.7. The lowest BCUT2D eigenvalue weighted by molar-refractivity contribution is 0.239. The zero-order valence-electron chi connectivity index (χ0n) is 8.26. The number of hydrogen-bond acceptors (Lipinski definition) is 5. The van der Waals surface area contributed by atoms with Gasteiger partial charge in [-0.25, -0.2) is 5.06 Å². The number of thioether (sulfide) groups is 1. The maximum Gasteiger partial charge on any atom is 0.141 e. The molecule has 1 aliphatic rings. The van der Waals surface area contributed by atoms with Gasteiger partial charge < -0.3 is 10.4 Å². The van der Waals surface area contributed by atoms with Crippen LogP contribution in [0.2, 0.25) is 0 Å². The van der Waals surface area contributed by atoms with Crippen molar-refractivity contribution in [3.8, 4) is 5.75 Å². The Labute approximate surface area is 92.9 Å². The summed E-state index contributed by atoms with van der Waals surface area (Å²) in [6.45, 7) is 1.69. The number of hydrogen-bond donors (Lipinski definition) is 3. The summed E-state index contributed by atoms with van der Waals surface area (Å²) in [5.74, 6) is 1.07. The van der Waals surface area contributed by atoms with Crippen LogP contribution >= 0.6 is 11.8 Å². The average molecular weight is 226 g/mol. The van der Waals surface area contributed by atoms with Gasteiger partial charge in [-0.15, -0.1) is 11.8 Å². The highest BCUT2D eigenvalue weighted by Crippen LogP contribution is 2.30. The Morgan fingerprint density at radius 1 is 1.40 bits per heavy atom. The monoisotopic (exact) mass is 226 g/mol. The van der Waals surface area contributed by atoms with Crippen LogP contribution in [0.25, 0.3) is 0 Å². The van der Waals surface area contributed by atoms with Gasteiger partial charge in [0, 0.05) is 18.8 Å². The van der Waals surface area contributed by atoms with Crippen LogP contribution in [0.4, 0.5) is 5.69 Å². The van der Waals surface area contributed by atoms with Crippen molar-refractivity contribution in [3.05, 3.63) is 24.3 Å². The third kappa shape index (κ3) is 2.37. The molecule has 0 amide bonds. The number of benzene rings is 1. The Morgan fingerprint density at radius 3 is 2.87 bits per heavy atom. The van der Waals surface area contributed by atoms with Crippen molar-refractivity contribution in [3.63, 3.8) is 0 Å². The second-order valence-corrected chi connectivity index (χ2v) is 4.65. The number of para-hydroxylation sites is 2. The number of anilines is 1. The molecule has 0 aliphatic carbocycles. The molecule has 15 heavy (non-hydrogen) atoms. The fourth-order valence-corrected chi connectivity index (χ4v) is 2.55. The molecule has 1 atom stereocenters. The first-order valence-electron chi connectivity index (χ1n) is 4.87. The highest BCUT2D eigenvalue weighted by Gasteiger charge is 2.22. The van der Waals surface area contributed by atoms with Crippen molar-refractivity contribution in [2.75, 3.05) is 23.9 Å². The number of aromatic hydroxyl groups is 1. The minimum Gasteiger partial charge on any atom is -0.506 e. The molecule has 1 unspecified atom stereocenters. The molecule has 0 spiro atoms. The number of hydroxylamine groups is 1. The maximum absolute atomic E-state index is 9.94. The van der Waals surface area contributed by atoms with Crippen molar-refractivity contribution >= 4 is 17.4 Å². The van der Waals surface area contributed by atoms with E-state index in [-0.39, 0.29) is 11.1 Å². The molecule has 1 aromatic rings. The van der Waals surface area contributed by atoms with E-state index < -0.39 is 0 Å². The molecule has 1 aromatic carbocycles. The van der Waals surface area contributed by atoms with E-state index in [1.165, 1.54) is 0 Å². The van der Waals surface area contributed by atoms with Gasteiger partial charge in [0.05, 0.1) is 0 Å². The van der Waals surface area contributed by atoms with Crippen LogP contribution in [0.15, 0.2) is 24.3 Å². The molecular weight excluding hydrogens is 212 g/mol. The Bertz CT molecular complexity index is 329. The molecule has 5 heteroatoms. The van der Waals surface area contributed by atoms with Crippen molar-refractivity contribution in [2.24, 2.45) is 0 Å². The number of rotatable bonds is 2. The van der Waals surface area contributed by atoms with E-state index in [4.69, 9.17) is 0 Å². The maximum atomic E-state index is 9.94. The van der Waals surface area contributed by atoms with Crippen molar-refractivity contribution < 1.29 is 10.3 Å². The van der Waals surface area contributed by atoms with Crippen LogP contribution in [-0.4, -0.2) is 34.5 Å². The van der Waals surface area contributed by atoms with Crippen LogP contribution in [0.5, 0.6) is 5.75 Å². The van der Waals surface area contributed by atoms with E-state index in [2.05, 4.69) is 5.32 Å². The molecule has 0 radical (unpaired) electrons. The summed E-state index contributed by atoms with van der Waals surface area (Å²) in [5.41, 5.74) is 0.457. The fraction of sp³-hybridized carbons (Fsp3) is 0.400. The van der Waals surface area contributed by atoms with Crippen molar-refractivity contribution in [1.82, 2.24) is 5.32 Å². The number of phenols is 1. The first kappa shape index (κ1) is 10.6. The molecule has 4 nitrogen and oxygen atoms in total. The summed E-state index contributed by atoms with van der Waals surface area (Å²) < 4.78 is 0. The van der Waals surface area contributed by atoms with Gasteiger partial charge in [-0.05, 0) is 12.1 Å². The van der Waals surface area contributed by atoms with Crippen LogP contribution in [0, 0.1) is 0 Å². The molecule has 1 heterocycles. The SMILES string of the molecule is Oc1ccccc1N(O)C1CNCCS1. The second kappa shape index (κ2) is 4.74. The lowest BCUT2D eigenvalue weighted by Crippen LogP contribution is -2.43. The molecule has 1 aliphatic heterocycles. The first-order chi connectivity index (χ1) is 7.29. The lowest BCUT2D eigenvalue weighted by Gasteiger charge is -2.30. The molecule has 0 aromatic heterocycles. The third-order valence-corrected chi connectivity index (χ3v) is 3.50. The van der Waals surface area contributed by atoms with E-state index in [1.807, 2.05) is 0 Å². The normalized spacial score (nSPS) is 21.3. The first-order valence-corrected chi connectivity index (χ1v) is 5.92. The number of nitrogens with one attached hydrogen (secondary N) is 1. The minimum absolute atomic E-state index is 0.0351. The lowest BCUT2D eigenvalue weighted by atomic mass is 10.3. The summed E-state index contributed by atoms with van der Waals surface area (Å²) in [5, 5.41) is 23.8. The topological polar surface area (TPSA) is 55.7 Å². The summed E-state index contributed by atoms with van der Waals surface area (Å²) in [6, 6.07) is 6.79. The summed E-state index contributed by atoms with van der Waals surface area (Å²) in [6.07, 6.45) is 0. The zero-order valence-corrected chi connectivity index (χ0v) is 9.07. The van der Waals surface area contributed by atoms with Crippen molar-refractivity contribution in [2.45, 2.75) is 5.37 Å². The van der Waals surface area contributed by atoms with E-state index in [0.717, 1.165) is 23.9 Å². The third-order valence-electron chi connectivity index (χ3n) is 2.31. The molecule has 2 rings (SSSR count). The molecule has 1 fully saturated rings. The minimum atomic E-state index is -0.0351. The molecule has 1 saturated heterocycles. The second-order valence-electron chi connectivity index (χ2n) is 3.36. The summed E-state index contributed by atoms with van der Waals surface area (Å²) >= 11 is 1.68. The van der Waals surface area contributed by atoms with E-state index in [0.29, 0.717) is 5.69 Å². The molecule has 0 saturated carbocycles. The van der Waals surface area contributed by atoms with Crippen molar-refractivity contribution in [1.29, 1.82) is 0 Å². The standard InChI is InChI=1S/C10H14N2O2S/c13-9-4-2-1-3-8(9)12(14)10-7-11-5-6-15-10/h1-4,10-11,13-14H,5-7H2. The summed E-state index contributed by atoms with van der Waals surface area (Å²) in [7, 11) is 0. The highest BCUT2D eigenvalue weighted by atomic mass is 32.2. The Balaban J connectivity index is 2.12. The Kier molecular flexibility index (Phi) is 3.35. The molecule has 0 bridgehead atoms.